The van der Waals surface area contributed by atoms with Crippen molar-refractivity contribution in [3.63, 3.8) is 0 Å². The molecule has 6 heteroatoms. The molecule has 0 unspecified atom stereocenters. The van der Waals surface area contributed by atoms with Gasteiger partial charge in [-0.2, -0.15) is 0 Å². The van der Waals surface area contributed by atoms with Crippen LogP contribution in [0.5, 0.6) is 0 Å². The third kappa shape index (κ3) is 3.07. The topological polar surface area (TPSA) is 82.1 Å². The van der Waals surface area contributed by atoms with Crippen LogP contribution in [0.1, 0.15) is 27.2 Å². The zero-order chi connectivity index (χ0) is 18.5. The largest absolute Gasteiger partial charge is 0.458 e. The van der Waals surface area contributed by atoms with E-state index in [4.69, 9.17) is 14.2 Å². The number of esters is 2. The summed E-state index contributed by atoms with van der Waals surface area (Å²) in [5.41, 5.74) is 2.02. The van der Waals surface area contributed by atoms with Gasteiger partial charge < -0.3 is 19.3 Å². The van der Waals surface area contributed by atoms with Gasteiger partial charge >= 0.3 is 11.9 Å². The summed E-state index contributed by atoms with van der Waals surface area (Å²) >= 11 is 0. The summed E-state index contributed by atoms with van der Waals surface area (Å²) in [5.74, 6) is -3.21. The van der Waals surface area contributed by atoms with Gasteiger partial charge in [-0.1, -0.05) is 18.7 Å². The molecule has 1 fully saturated rings. The van der Waals surface area contributed by atoms with Crippen molar-refractivity contribution in [2.24, 2.45) is 5.92 Å². The highest BCUT2D eigenvalue weighted by atomic mass is 16.7. The molecule has 0 saturated carbocycles. The van der Waals surface area contributed by atoms with Crippen molar-refractivity contribution in [1.82, 2.24) is 0 Å². The van der Waals surface area contributed by atoms with Crippen LogP contribution in [0.15, 0.2) is 47.6 Å². The second kappa shape index (κ2) is 5.97. The van der Waals surface area contributed by atoms with Crippen molar-refractivity contribution in [2.75, 3.05) is 0 Å². The molecule has 0 spiro atoms. The van der Waals surface area contributed by atoms with Crippen LogP contribution in [0.25, 0.3) is 0 Å². The summed E-state index contributed by atoms with van der Waals surface area (Å²) in [6, 6.07) is 0. The van der Waals surface area contributed by atoms with Crippen LogP contribution in [0, 0.1) is 5.92 Å². The average Bonchev–Trinajstić information content (AvgIpc) is 2.95. The molecule has 3 rings (SSSR count). The Kier molecular flexibility index (Phi) is 4.21. The molecular formula is C19H22O6. The number of fused-ring (bicyclic) bond motifs is 4. The van der Waals surface area contributed by atoms with Crippen LogP contribution < -0.4 is 0 Å². The van der Waals surface area contributed by atoms with Gasteiger partial charge in [0.15, 0.2) is 0 Å². The normalized spacial score (nSPS) is 39.2. The minimum atomic E-state index is -1.56. The van der Waals surface area contributed by atoms with Gasteiger partial charge in [0.05, 0.1) is 5.92 Å². The maximum atomic E-state index is 12.1. The Morgan fingerprint density at radius 1 is 1.40 bits per heavy atom. The van der Waals surface area contributed by atoms with Crippen LogP contribution >= 0.6 is 0 Å². The Labute approximate surface area is 146 Å². The third-order valence-corrected chi connectivity index (χ3v) is 4.74. The number of carbonyl (C=O) groups is 2. The minimum Gasteiger partial charge on any atom is -0.458 e. The number of hydrogen-bond acceptors (Lipinski definition) is 6. The minimum absolute atomic E-state index is 0.242. The quantitative estimate of drug-likeness (QED) is 0.468. The first-order chi connectivity index (χ1) is 11.6. The molecule has 0 aromatic carbocycles. The molecule has 3 heterocycles. The van der Waals surface area contributed by atoms with E-state index in [0.717, 1.165) is 11.1 Å². The number of aliphatic hydroxyl groups is 1. The van der Waals surface area contributed by atoms with Crippen LogP contribution in [-0.2, 0) is 23.8 Å². The molecular weight excluding hydrogens is 324 g/mol. The van der Waals surface area contributed by atoms with Crippen molar-refractivity contribution in [3.05, 3.63) is 47.6 Å². The highest BCUT2D eigenvalue weighted by Crippen LogP contribution is 2.43. The van der Waals surface area contributed by atoms with Gasteiger partial charge in [-0.15, -0.1) is 0 Å². The maximum absolute atomic E-state index is 12.1. The van der Waals surface area contributed by atoms with Crippen LogP contribution in [0.4, 0.5) is 0 Å². The Bertz CT molecular complexity index is 730. The number of carbonyl (C=O) groups excluding carboxylic acids is 2. The van der Waals surface area contributed by atoms with Gasteiger partial charge in [0.25, 0.3) is 0 Å². The molecule has 0 radical (unpaired) electrons. The summed E-state index contributed by atoms with van der Waals surface area (Å²) in [6.45, 7) is 12.6. The monoisotopic (exact) mass is 346 g/mol. The molecule has 134 valence electrons. The standard InChI is InChI=1S/C19H22O6/c1-9(2)17(20)23-13-6-10(3)7-19(22)8-11(4)15(25-19)16-14(13)12(5)18(21)24-16/h7-8,13-16,22H,1,5-6H2,2-4H3/b10-7-/t13-,14+,15-,16-,19-/m0/s1. The first-order valence-corrected chi connectivity index (χ1v) is 8.15. The molecule has 3 aliphatic rings. The first-order valence-electron chi connectivity index (χ1n) is 8.15. The molecule has 6 nitrogen and oxygen atoms in total. The Hall–Kier alpha value is -2.18. The van der Waals surface area contributed by atoms with Crippen molar-refractivity contribution in [1.29, 1.82) is 0 Å². The van der Waals surface area contributed by atoms with Crippen molar-refractivity contribution in [3.8, 4) is 0 Å². The smallest absolute Gasteiger partial charge is 0.334 e. The predicted octanol–water partition coefficient (Wildman–Crippen LogP) is 1.96. The summed E-state index contributed by atoms with van der Waals surface area (Å²) in [5, 5.41) is 10.6. The van der Waals surface area contributed by atoms with Crippen LogP contribution in [-0.4, -0.2) is 41.1 Å². The Morgan fingerprint density at radius 3 is 2.72 bits per heavy atom. The highest BCUT2D eigenvalue weighted by Gasteiger charge is 2.53. The lowest BCUT2D eigenvalue weighted by Crippen LogP contribution is -2.41. The highest BCUT2D eigenvalue weighted by molar-refractivity contribution is 5.91. The third-order valence-electron chi connectivity index (χ3n) is 4.74. The van der Waals surface area contributed by atoms with Gasteiger partial charge in [0.2, 0.25) is 5.79 Å². The second-order valence-corrected chi connectivity index (χ2v) is 7.02. The van der Waals surface area contributed by atoms with E-state index in [1.165, 1.54) is 0 Å². The lowest BCUT2D eigenvalue weighted by atomic mass is 9.83. The van der Waals surface area contributed by atoms with E-state index < -0.39 is 42.0 Å². The maximum Gasteiger partial charge on any atom is 0.334 e. The van der Waals surface area contributed by atoms with Gasteiger partial charge in [0, 0.05) is 17.6 Å². The van der Waals surface area contributed by atoms with E-state index in [-0.39, 0.29) is 11.1 Å². The molecule has 0 aromatic rings. The van der Waals surface area contributed by atoms with E-state index in [1.54, 1.807) is 32.9 Å². The number of ether oxygens (including phenoxy) is 3. The van der Waals surface area contributed by atoms with Gasteiger partial charge in [-0.05, 0) is 38.5 Å². The Morgan fingerprint density at radius 2 is 2.08 bits per heavy atom. The molecule has 0 aromatic heterocycles. The molecule has 1 saturated heterocycles. The molecule has 3 aliphatic heterocycles. The van der Waals surface area contributed by atoms with E-state index in [0.29, 0.717) is 6.42 Å². The van der Waals surface area contributed by atoms with Gasteiger partial charge in [0.1, 0.15) is 18.3 Å². The van der Waals surface area contributed by atoms with Crippen molar-refractivity contribution >= 4 is 11.9 Å². The zero-order valence-electron chi connectivity index (χ0n) is 14.6. The first kappa shape index (κ1) is 17.6. The van der Waals surface area contributed by atoms with E-state index in [9.17, 15) is 14.7 Å². The molecule has 0 aliphatic carbocycles. The fourth-order valence-corrected chi connectivity index (χ4v) is 3.64. The zero-order valence-corrected chi connectivity index (χ0v) is 14.6. The second-order valence-electron chi connectivity index (χ2n) is 7.02. The van der Waals surface area contributed by atoms with Crippen molar-refractivity contribution < 1.29 is 28.9 Å². The fraction of sp³-hybridized carbons (Fsp3) is 0.474. The van der Waals surface area contributed by atoms with E-state index in [1.807, 2.05) is 0 Å². The van der Waals surface area contributed by atoms with Crippen LogP contribution in [0.2, 0.25) is 0 Å². The molecule has 0 amide bonds. The number of rotatable bonds is 2. The van der Waals surface area contributed by atoms with Crippen LogP contribution in [0.3, 0.4) is 0 Å². The summed E-state index contributed by atoms with van der Waals surface area (Å²) in [4.78, 5) is 24.2. The van der Waals surface area contributed by atoms with E-state index >= 15 is 0 Å². The molecule has 2 bridgehead atoms. The summed E-state index contributed by atoms with van der Waals surface area (Å²) in [7, 11) is 0. The molecule has 1 N–H and O–H groups in total. The van der Waals surface area contributed by atoms with E-state index in [2.05, 4.69) is 13.2 Å². The number of hydrogen-bond donors (Lipinski definition) is 1. The molecule has 25 heavy (non-hydrogen) atoms. The average molecular weight is 346 g/mol. The van der Waals surface area contributed by atoms with Gasteiger partial charge in [-0.3, -0.25) is 0 Å². The lowest BCUT2D eigenvalue weighted by Gasteiger charge is -2.30. The molecule has 5 atom stereocenters. The summed E-state index contributed by atoms with van der Waals surface area (Å²) < 4.78 is 16.8. The summed E-state index contributed by atoms with van der Waals surface area (Å²) in [6.07, 6.45) is 1.50. The fourth-order valence-electron chi connectivity index (χ4n) is 3.64. The Balaban J connectivity index is 2.05. The predicted molar refractivity (Wildman–Crippen MR) is 89.2 cm³/mol. The van der Waals surface area contributed by atoms with Crippen molar-refractivity contribution in [2.45, 2.75) is 51.3 Å². The lowest BCUT2D eigenvalue weighted by molar-refractivity contribution is -0.178. The van der Waals surface area contributed by atoms with Gasteiger partial charge in [-0.25, -0.2) is 9.59 Å². The SMILES string of the molecule is C=C(C)C(=O)O[C@H]1C/C(C)=C\[C@@]2(O)C=C(C)[C@H](O2)[C@H]2OC(=O)C(=C)[C@@H]21.